The predicted octanol–water partition coefficient (Wildman–Crippen LogP) is 2.40. The molecule has 2 aromatic rings. The Morgan fingerprint density at radius 2 is 1.75 bits per heavy atom. The molecule has 170 valence electrons. The smallest absolute Gasteiger partial charge is 0.326 e. The Balaban J connectivity index is 0.000000336. The van der Waals surface area contributed by atoms with E-state index in [2.05, 4.69) is 16.0 Å². The molecule has 0 bridgehead atoms. The van der Waals surface area contributed by atoms with Crippen molar-refractivity contribution in [1.29, 1.82) is 0 Å². The lowest BCUT2D eigenvalue weighted by atomic mass is 10.1. The number of carboxylic acids is 1. The number of benzene rings is 2. The second kappa shape index (κ2) is 11.3. The van der Waals surface area contributed by atoms with Crippen molar-refractivity contribution < 1.29 is 27.9 Å². The van der Waals surface area contributed by atoms with Gasteiger partial charge < -0.3 is 15.2 Å². The maximum atomic E-state index is 12.1. The minimum absolute atomic E-state index is 0.143. The van der Waals surface area contributed by atoms with Gasteiger partial charge in [-0.1, -0.05) is 30.2 Å². The minimum atomic E-state index is -3.46. The molecule has 3 N–H and O–H groups in total. The van der Waals surface area contributed by atoms with E-state index in [1.807, 2.05) is 24.3 Å². The van der Waals surface area contributed by atoms with Gasteiger partial charge in [0.1, 0.15) is 18.4 Å². The fourth-order valence-corrected chi connectivity index (χ4v) is 4.12. The van der Waals surface area contributed by atoms with E-state index in [-0.39, 0.29) is 23.5 Å². The first-order valence-corrected chi connectivity index (χ1v) is 11.4. The molecule has 1 atom stereocenters. The zero-order valence-electron chi connectivity index (χ0n) is 17.9. The summed E-state index contributed by atoms with van der Waals surface area (Å²) in [5, 5.41) is 10.6. The fourth-order valence-electron chi connectivity index (χ4n) is 2.87. The van der Waals surface area contributed by atoms with Crippen LogP contribution in [0.1, 0.15) is 26.7 Å². The van der Waals surface area contributed by atoms with Crippen LogP contribution in [0.2, 0.25) is 0 Å². The van der Waals surface area contributed by atoms with E-state index < -0.39 is 22.0 Å². The van der Waals surface area contributed by atoms with E-state index >= 15 is 0 Å². The SMILES string of the molecule is C#CCOc1ccc(-c2ccc(S(=O)(=O)NC(C)C)cc2)cc1.O=C1CC[C@@H](C(=O)O)N1. The van der Waals surface area contributed by atoms with Gasteiger partial charge >= 0.3 is 5.97 Å². The maximum absolute atomic E-state index is 12.1. The zero-order valence-corrected chi connectivity index (χ0v) is 18.7. The average molecular weight is 459 g/mol. The van der Waals surface area contributed by atoms with Gasteiger partial charge in [-0.05, 0) is 55.7 Å². The molecule has 1 amide bonds. The summed E-state index contributed by atoms with van der Waals surface area (Å²) in [5.41, 5.74) is 1.90. The monoisotopic (exact) mass is 458 g/mol. The Morgan fingerprint density at radius 3 is 2.16 bits per heavy atom. The van der Waals surface area contributed by atoms with E-state index in [1.54, 1.807) is 38.1 Å². The van der Waals surface area contributed by atoms with Gasteiger partial charge in [-0.15, -0.1) is 6.42 Å². The molecule has 0 radical (unpaired) electrons. The maximum Gasteiger partial charge on any atom is 0.326 e. The van der Waals surface area contributed by atoms with Crippen molar-refractivity contribution in [2.24, 2.45) is 0 Å². The summed E-state index contributed by atoms with van der Waals surface area (Å²) in [4.78, 5) is 20.8. The van der Waals surface area contributed by atoms with Crippen molar-refractivity contribution in [3.8, 4) is 29.2 Å². The van der Waals surface area contributed by atoms with Crippen molar-refractivity contribution in [3.63, 3.8) is 0 Å². The number of sulfonamides is 1. The van der Waals surface area contributed by atoms with Crippen molar-refractivity contribution in [2.45, 2.75) is 43.7 Å². The van der Waals surface area contributed by atoms with Crippen molar-refractivity contribution in [1.82, 2.24) is 10.0 Å². The minimum Gasteiger partial charge on any atom is -0.481 e. The molecular formula is C23H26N2O6S. The van der Waals surface area contributed by atoms with Crippen LogP contribution in [0.15, 0.2) is 53.4 Å². The van der Waals surface area contributed by atoms with Crippen LogP contribution >= 0.6 is 0 Å². The molecule has 9 heteroatoms. The van der Waals surface area contributed by atoms with Crippen molar-refractivity contribution >= 4 is 21.9 Å². The number of carboxylic acid groups (broad SMARTS) is 1. The highest BCUT2D eigenvalue weighted by Crippen LogP contribution is 2.24. The van der Waals surface area contributed by atoms with Crippen LogP contribution in [0, 0.1) is 12.3 Å². The molecule has 0 saturated carbocycles. The third kappa shape index (κ3) is 7.41. The number of rotatable bonds is 7. The molecule has 0 spiro atoms. The van der Waals surface area contributed by atoms with E-state index in [4.69, 9.17) is 16.3 Å². The van der Waals surface area contributed by atoms with Gasteiger partial charge in [0.05, 0.1) is 4.90 Å². The number of hydrogen-bond donors (Lipinski definition) is 3. The second-order valence-corrected chi connectivity index (χ2v) is 9.03. The summed E-state index contributed by atoms with van der Waals surface area (Å²) < 4.78 is 32.1. The fraction of sp³-hybridized carbons (Fsp3) is 0.304. The van der Waals surface area contributed by atoms with Crippen LogP contribution in [-0.2, 0) is 19.6 Å². The summed E-state index contributed by atoms with van der Waals surface area (Å²) >= 11 is 0. The van der Waals surface area contributed by atoms with E-state index in [1.165, 1.54) is 0 Å². The molecule has 1 fully saturated rings. The number of terminal acetylenes is 1. The third-order valence-electron chi connectivity index (χ3n) is 4.36. The summed E-state index contributed by atoms with van der Waals surface area (Å²) in [7, 11) is -3.46. The van der Waals surface area contributed by atoms with Gasteiger partial charge in [-0.2, -0.15) is 0 Å². The third-order valence-corrected chi connectivity index (χ3v) is 6.03. The van der Waals surface area contributed by atoms with Crippen molar-refractivity contribution in [3.05, 3.63) is 48.5 Å². The first-order valence-electron chi connectivity index (χ1n) is 9.93. The average Bonchev–Trinajstić information content (AvgIpc) is 3.19. The van der Waals surface area contributed by atoms with Gasteiger partial charge in [0.25, 0.3) is 0 Å². The van der Waals surface area contributed by atoms with Gasteiger partial charge in [0, 0.05) is 12.5 Å². The molecular weight excluding hydrogens is 432 g/mol. The Labute approximate surface area is 188 Å². The van der Waals surface area contributed by atoms with Crippen LogP contribution in [0.25, 0.3) is 11.1 Å². The van der Waals surface area contributed by atoms with E-state index in [9.17, 15) is 18.0 Å². The molecule has 1 aliphatic heterocycles. The number of carbonyl (C=O) groups excluding carboxylic acids is 1. The van der Waals surface area contributed by atoms with Crippen LogP contribution in [-0.4, -0.2) is 44.1 Å². The van der Waals surface area contributed by atoms with Crippen molar-refractivity contribution in [2.75, 3.05) is 6.61 Å². The largest absolute Gasteiger partial charge is 0.481 e. The normalized spacial score (nSPS) is 15.3. The lowest BCUT2D eigenvalue weighted by Gasteiger charge is -2.10. The molecule has 8 nitrogen and oxygen atoms in total. The quantitative estimate of drug-likeness (QED) is 0.548. The molecule has 1 heterocycles. The highest BCUT2D eigenvalue weighted by atomic mass is 32.2. The van der Waals surface area contributed by atoms with Gasteiger partial charge in [0.2, 0.25) is 15.9 Å². The molecule has 0 aromatic heterocycles. The topological polar surface area (TPSA) is 122 Å². The standard InChI is InChI=1S/C18H19NO3S.C5H7NO3/c1-4-13-22-17-9-5-15(6-10-17)16-7-11-18(12-8-16)23(20,21)19-14(2)3;7-4-2-1-3(6-4)5(8)9/h1,5-12,14,19H,13H2,2-3H3;3H,1-2H2,(H,6,7)(H,8,9)/t;3-/m.0/s1. The number of aliphatic carboxylic acids is 1. The molecule has 3 rings (SSSR count). The molecule has 1 saturated heterocycles. The number of hydrogen-bond acceptors (Lipinski definition) is 5. The highest BCUT2D eigenvalue weighted by molar-refractivity contribution is 7.89. The molecule has 32 heavy (non-hydrogen) atoms. The molecule has 0 aliphatic carbocycles. The van der Waals surface area contributed by atoms with Gasteiger partial charge in [-0.25, -0.2) is 17.9 Å². The number of nitrogens with one attached hydrogen (secondary N) is 2. The lowest BCUT2D eigenvalue weighted by molar-refractivity contribution is -0.140. The van der Waals surface area contributed by atoms with Crippen LogP contribution < -0.4 is 14.8 Å². The molecule has 0 unspecified atom stereocenters. The lowest BCUT2D eigenvalue weighted by Crippen LogP contribution is -2.32. The highest BCUT2D eigenvalue weighted by Gasteiger charge is 2.26. The summed E-state index contributed by atoms with van der Waals surface area (Å²) in [6.45, 7) is 3.81. The van der Waals surface area contributed by atoms with Crippen LogP contribution in [0.5, 0.6) is 5.75 Å². The first-order chi connectivity index (χ1) is 15.1. The summed E-state index contributed by atoms with van der Waals surface area (Å²) in [6.07, 6.45) is 5.92. The van der Waals surface area contributed by atoms with Crippen LogP contribution in [0.4, 0.5) is 0 Å². The predicted molar refractivity (Wildman–Crippen MR) is 120 cm³/mol. The Morgan fingerprint density at radius 1 is 1.19 bits per heavy atom. The second-order valence-electron chi connectivity index (χ2n) is 7.31. The number of amides is 1. The van der Waals surface area contributed by atoms with Crippen LogP contribution in [0.3, 0.4) is 0 Å². The number of ether oxygens (including phenoxy) is 1. The number of carbonyl (C=O) groups is 2. The van der Waals surface area contributed by atoms with Gasteiger partial charge in [0.15, 0.2) is 0 Å². The summed E-state index contributed by atoms with van der Waals surface area (Å²) in [5.74, 6) is 2.00. The Hall–Kier alpha value is -3.35. The van der Waals surface area contributed by atoms with E-state index in [0.717, 1.165) is 11.1 Å². The first kappa shape index (κ1) is 24.9. The zero-order chi connectivity index (χ0) is 23.7. The summed E-state index contributed by atoms with van der Waals surface area (Å²) in [6, 6.07) is 13.5. The molecule has 1 aliphatic rings. The van der Waals surface area contributed by atoms with Gasteiger partial charge in [-0.3, -0.25) is 4.79 Å². The van der Waals surface area contributed by atoms with E-state index in [0.29, 0.717) is 18.6 Å². The Kier molecular flexibility index (Phi) is 8.81. The Bertz CT molecular complexity index is 1070. The molecule has 2 aromatic carbocycles.